The van der Waals surface area contributed by atoms with E-state index in [1.165, 1.54) is 18.9 Å². The van der Waals surface area contributed by atoms with Crippen LogP contribution in [0.5, 0.6) is 11.5 Å². The van der Waals surface area contributed by atoms with Crippen LogP contribution in [0.3, 0.4) is 0 Å². The standard InChI is InChI=1S/C17H15NO4S/c1-20-11-7-8-15(21-2)12(9-11)14(19)10-23-17-18-13-5-3-4-6-16(13)22-17/h3-9H,10H2,1-2H3. The second-order valence-electron chi connectivity index (χ2n) is 4.73. The molecule has 0 unspecified atom stereocenters. The molecule has 23 heavy (non-hydrogen) atoms. The third-order valence-corrected chi connectivity index (χ3v) is 4.14. The Hall–Kier alpha value is -2.47. The Labute approximate surface area is 137 Å². The largest absolute Gasteiger partial charge is 0.497 e. The smallest absolute Gasteiger partial charge is 0.257 e. The van der Waals surface area contributed by atoms with Gasteiger partial charge in [0.05, 0.1) is 25.5 Å². The first-order valence-corrected chi connectivity index (χ1v) is 7.93. The molecule has 0 radical (unpaired) electrons. The number of carbonyl (C=O) groups is 1. The molecule has 2 aromatic carbocycles. The minimum absolute atomic E-state index is 0.0759. The highest BCUT2D eigenvalue weighted by Crippen LogP contribution is 2.28. The summed E-state index contributed by atoms with van der Waals surface area (Å²) in [6.45, 7) is 0. The number of rotatable bonds is 6. The predicted octanol–water partition coefficient (Wildman–Crippen LogP) is 3.82. The molecule has 0 saturated carbocycles. The summed E-state index contributed by atoms with van der Waals surface area (Å²) in [6, 6.07) is 12.6. The first kappa shape index (κ1) is 15.4. The van der Waals surface area contributed by atoms with E-state index in [1.807, 2.05) is 24.3 Å². The third-order valence-electron chi connectivity index (χ3n) is 3.31. The molecular weight excluding hydrogens is 314 g/mol. The summed E-state index contributed by atoms with van der Waals surface area (Å²) < 4.78 is 16.0. The number of aromatic nitrogens is 1. The number of nitrogens with zero attached hydrogens (tertiary/aromatic N) is 1. The van der Waals surface area contributed by atoms with Crippen molar-refractivity contribution >= 4 is 28.6 Å². The van der Waals surface area contributed by atoms with Gasteiger partial charge in [-0.15, -0.1) is 0 Å². The van der Waals surface area contributed by atoms with Crippen molar-refractivity contribution in [3.8, 4) is 11.5 Å². The van der Waals surface area contributed by atoms with Gasteiger partial charge in [0.2, 0.25) is 0 Å². The van der Waals surface area contributed by atoms with Crippen LogP contribution in [-0.4, -0.2) is 30.7 Å². The average molecular weight is 329 g/mol. The van der Waals surface area contributed by atoms with Crippen LogP contribution in [0.25, 0.3) is 11.1 Å². The minimum atomic E-state index is -0.0759. The molecule has 0 amide bonds. The molecule has 0 fully saturated rings. The molecule has 3 rings (SSSR count). The summed E-state index contributed by atoms with van der Waals surface area (Å²) in [5.41, 5.74) is 1.97. The lowest BCUT2D eigenvalue weighted by molar-refractivity contribution is 0.101. The minimum Gasteiger partial charge on any atom is -0.497 e. The van der Waals surface area contributed by atoms with Crippen LogP contribution in [0.1, 0.15) is 10.4 Å². The Bertz CT molecular complexity index is 810. The van der Waals surface area contributed by atoms with Crippen LogP contribution >= 0.6 is 11.8 Å². The van der Waals surface area contributed by atoms with E-state index in [4.69, 9.17) is 13.9 Å². The normalized spacial score (nSPS) is 10.7. The number of para-hydroxylation sites is 2. The van der Waals surface area contributed by atoms with E-state index in [0.29, 0.717) is 27.9 Å². The summed E-state index contributed by atoms with van der Waals surface area (Å²) in [7, 11) is 3.09. The van der Waals surface area contributed by atoms with Gasteiger partial charge in [0, 0.05) is 0 Å². The number of hydrogen-bond donors (Lipinski definition) is 0. The van der Waals surface area contributed by atoms with Crippen LogP contribution < -0.4 is 9.47 Å². The number of fused-ring (bicyclic) bond motifs is 1. The van der Waals surface area contributed by atoms with E-state index in [0.717, 1.165) is 5.52 Å². The zero-order valence-electron chi connectivity index (χ0n) is 12.7. The van der Waals surface area contributed by atoms with Crippen molar-refractivity contribution in [1.82, 2.24) is 4.98 Å². The van der Waals surface area contributed by atoms with Crippen LogP contribution in [0, 0.1) is 0 Å². The molecule has 0 aliphatic heterocycles. The highest BCUT2D eigenvalue weighted by molar-refractivity contribution is 7.99. The Morgan fingerprint density at radius 2 is 2.00 bits per heavy atom. The number of benzene rings is 2. The molecule has 0 N–H and O–H groups in total. The fourth-order valence-corrected chi connectivity index (χ4v) is 2.87. The van der Waals surface area contributed by atoms with Crippen molar-refractivity contribution in [3.05, 3.63) is 48.0 Å². The Kier molecular flexibility index (Phi) is 4.52. The summed E-state index contributed by atoms with van der Waals surface area (Å²) >= 11 is 1.26. The number of hydrogen-bond acceptors (Lipinski definition) is 6. The predicted molar refractivity (Wildman–Crippen MR) is 88.6 cm³/mol. The summed E-state index contributed by atoms with van der Waals surface area (Å²) in [5, 5.41) is 0.474. The van der Waals surface area contributed by atoms with Crippen LogP contribution in [0.15, 0.2) is 52.1 Å². The molecule has 0 spiro atoms. The van der Waals surface area contributed by atoms with Gasteiger partial charge in [0.15, 0.2) is 11.4 Å². The van der Waals surface area contributed by atoms with Crippen LogP contribution in [0.2, 0.25) is 0 Å². The highest BCUT2D eigenvalue weighted by atomic mass is 32.2. The molecular formula is C17H15NO4S. The molecule has 0 bridgehead atoms. The second-order valence-corrected chi connectivity index (χ2v) is 5.65. The number of Topliss-reactive ketones (excluding diaryl/α,β-unsaturated/α-hetero) is 1. The Morgan fingerprint density at radius 3 is 2.74 bits per heavy atom. The average Bonchev–Trinajstić information content (AvgIpc) is 3.02. The van der Waals surface area contributed by atoms with Gasteiger partial charge in [-0.1, -0.05) is 23.9 Å². The number of ketones is 1. The summed E-state index contributed by atoms with van der Waals surface area (Å²) in [4.78, 5) is 16.8. The lowest BCUT2D eigenvalue weighted by atomic mass is 10.1. The first-order chi connectivity index (χ1) is 11.2. The molecule has 0 aliphatic rings. The van der Waals surface area contributed by atoms with Gasteiger partial charge in [-0.3, -0.25) is 4.79 Å². The summed E-state index contributed by atoms with van der Waals surface area (Å²) in [5.74, 6) is 1.26. The van der Waals surface area contributed by atoms with Crippen molar-refractivity contribution in [2.24, 2.45) is 0 Å². The number of ether oxygens (including phenoxy) is 2. The molecule has 118 valence electrons. The Balaban J connectivity index is 1.76. The van der Waals surface area contributed by atoms with E-state index < -0.39 is 0 Å². The molecule has 1 heterocycles. The number of thioether (sulfide) groups is 1. The van der Waals surface area contributed by atoms with Crippen molar-refractivity contribution in [1.29, 1.82) is 0 Å². The van der Waals surface area contributed by atoms with Gasteiger partial charge in [-0.05, 0) is 30.3 Å². The Morgan fingerprint density at radius 1 is 1.17 bits per heavy atom. The quantitative estimate of drug-likeness (QED) is 0.506. The van der Waals surface area contributed by atoms with Crippen molar-refractivity contribution in [3.63, 3.8) is 0 Å². The monoisotopic (exact) mass is 329 g/mol. The number of methoxy groups -OCH3 is 2. The second kappa shape index (κ2) is 6.75. The first-order valence-electron chi connectivity index (χ1n) is 6.95. The molecule has 0 aliphatic carbocycles. The topological polar surface area (TPSA) is 61.6 Å². The molecule has 0 saturated heterocycles. The maximum Gasteiger partial charge on any atom is 0.257 e. The fraction of sp³-hybridized carbons (Fsp3) is 0.176. The van der Waals surface area contributed by atoms with Gasteiger partial charge >= 0.3 is 0 Å². The van der Waals surface area contributed by atoms with Crippen molar-refractivity contribution in [2.75, 3.05) is 20.0 Å². The lowest BCUT2D eigenvalue weighted by Gasteiger charge is -2.08. The van der Waals surface area contributed by atoms with Gasteiger partial charge < -0.3 is 13.9 Å². The van der Waals surface area contributed by atoms with E-state index in [2.05, 4.69) is 4.98 Å². The van der Waals surface area contributed by atoms with E-state index in [9.17, 15) is 4.79 Å². The van der Waals surface area contributed by atoms with E-state index >= 15 is 0 Å². The molecule has 5 nitrogen and oxygen atoms in total. The summed E-state index contributed by atoms with van der Waals surface area (Å²) in [6.07, 6.45) is 0. The zero-order valence-corrected chi connectivity index (χ0v) is 13.6. The van der Waals surface area contributed by atoms with Crippen LogP contribution in [0.4, 0.5) is 0 Å². The zero-order chi connectivity index (χ0) is 16.2. The number of oxazole rings is 1. The molecule has 6 heteroatoms. The van der Waals surface area contributed by atoms with Gasteiger partial charge in [0.25, 0.3) is 5.22 Å². The van der Waals surface area contributed by atoms with E-state index in [-0.39, 0.29) is 11.5 Å². The van der Waals surface area contributed by atoms with Gasteiger partial charge in [0.1, 0.15) is 17.0 Å². The SMILES string of the molecule is COc1ccc(OC)c(C(=O)CSc2nc3ccccc3o2)c1. The maximum atomic E-state index is 12.5. The van der Waals surface area contributed by atoms with Crippen molar-refractivity contribution < 1.29 is 18.7 Å². The highest BCUT2D eigenvalue weighted by Gasteiger charge is 2.16. The van der Waals surface area contributed by atoms with Crippen molar-refractivity contribution in [2.45, 2.75) is 5.22 Å². The van der Waals surface area contributed by atoms with Crippen LogP contribution in [-0.2, 0) is 0 Å². The number of carbonyl (C=O) groups excluding carboxylic acids is 1. The maximum absolute atomic E-state index is 12.5. The lowest BCUT2D eigenvalue weighted by Crippen LogP contribution is -2.05. The fourth-order valence-electron chi connectivity index (χ4n) is 2.15. The third kappa shape index (κ3) is 3.32. The van der Waals surface area contributed by atoms with Gasteiger partial charge in [-0.2, -0.15) is 0 Å². The van der Waals surface area contributed by atoms with Gasteiger partial charge in [-0.25, -0.2) is 4.98 Å². The van der Waals surface area contributed by atoms with E-state index in [1.54, 1.807) is 25.3 Å². The molecule has 3 aromatic rings. The molecule has 0 atom stereocenters. The molecule has 1 aromatic heterocycles.